The van der Waals surface area contributed by atoms with E-state index >= 15 is 0 Å². The summed E-state index contributed by atoms with van der Waals surface area (Å²) in [7, 11) is 0. The lowest BCUT2D eigenvalue weighted by molar-refractivity contribution is -0.119. The van der Waals surface area contributed by atoms with E-state index in [1.54, 1.807) is 0 Å². The van der Waals surface area contributed by atoms with Crippen LogP contribution in [0.25, 0.3) is 0 Å². The number of para-hydroxylation sites is 2. The molecule has 2 saturated carbocycles. The Hall–Kier alpha value is -1.55. The molecule has 0 unspecified atom stereocenters. The molecular formula is C19H27N3O. The zero-order valence-electron chi connectivity index (χ0n) is 13.8. The molecule has 2 aliphatic carbocycles. The second-order valence-electron chi connectivity index (χ2n) is 7.48. The average Bonchev–Trinajstić information content (AvgIpc) is 3.29. The number of hydrogen-bond donors (Lipinski definition) is 1. The van der Waals surface area contributed by atoms with Crippen LogP contribution in [0.4, 0.5) is 11.4 Å². The summed E-state index contributed by atoms with van der Waals surface area (Å²) in [5.74, 6) is 1.49. The monoisotopic (exact) mass is 313 g/mol. The quantitative estimate of drug-likeness (QED) is 0.930. The Morgan fingerprint density at radius 3 is 2.57 bits per heavy atom. The number of anilines is 2. The molecule has 0 aromatic heterocycles. The van der Waals surface area contributed by atoms with E-state index in [0.29, 0.717) is 12.3 Å². The Balaban J connectivity index is 1.51. The highest BCUT2D eigenvalue weighted by molar-refractivity contribution is 5.98. The van der Waals surface area contributed by atoms with E-state index in [0.717, 1.165) is 44.1 Å². The number of nitrogens with two attached hydrogens (primary N) is 1. The van der Waals surface area contributed by atoms with Gasteiger partial charge in [-0.05, 0) is 49.7 Å². The fraction of sp³-hybridized carbons (Fsp3) is 0.632. The van der Waals surface area contributed by atoms with Crippen LogP contribution in [0.5, 0.6) is 0 Å². The molecule has 1 aromatic carbocycles. The van der Waals surface area contributed by atoms with Gasteiger partial charge in [0.1, 0.15) is 0 Å². The van der Waals surface area contributed by atoms with Crippen LogP contribution in [0.15, 0.2) is 24.3 Å². The predicted octanol–water partition coefficient (Wildman–Crippen LogP) is 2.77. The number of fused-ring (bicyclic) bond motifs is 1. The summed E-state index contributed by atoms with van der Waals surface area (Å²) in [6, 6.07) is 8.60. The molecule has 1 aromatic rings. The standard InChI is InChI=1S/C19H27N3O/c20-16-5-3-4-15(16)12-19(23)22-11-10-21(13-14-8-9-14)17-6-1-2-7-18(17)22/h1-2,6-7,14-16H,3-5,8-13,20H2/t15-,16+/m0/s1. The highest BCUT2D eigenvalue weighted by atomic mass is 16.2. The number of hydrogen-bond acceptors (Lipinski definition) is 3. The van der Waals surface area contributed by atoms with Gasteiger partial charge in [-0.1, -0.05) is 18.6 Å². The second kappa shape index (κ2) is 6.16. The molecule has 23 heavy (non-hydrogen) atoms. The Morgan fingerprint density at radius 1 is 1.09 bits per heavy atom. The van der Waals surface area contributed by atoms with Crippen LogP contribution in [0.3, 0.4) is 0 Å². The van der Waals surface area contributed by atoms with E-state index in [2.05, 4.69) is 23.1 Å². The number of benzene rings is 1. The molecule has 124 valence electrons. The van der Waals surface area contributed by atoms with Crippen molar-refractivity contribution in [3.8, 4) is 0 Å². The van der Waals surface area contributed by atoms with Crippen molar-refractivity contribution in [2.45, 2.75) is 44.6 Å². The SMILES string of the molecule is N[C@@H]1CCC[C@H]1CC(=O)N1CCN(CC2CC2)c2ccccc21. The van der Waals surface area contributed by atoms with Gasteiger partial charge in [-0.25, -0.2) is 0 Å². The maximum Gasteiger partial charge on any atom is 0.227 e. The molecule has 2 N–H and O–H groups in total. The van der Waals surface area contributed by atoms with Gasteiger partial charge in [-0.15, -0.1) is 0 Å². The summed E-state index contributed by atoms with van der Waals surface area (Å²) >= 11 is 0. The predicted molar refractivity (Wildman–Crippen MR) is 93.7 cm³/mol. The highest BCUT2D eigenvalue weighted by Gasteiger charge is 2.33. The summed E-state index contributed by atoms with van der Waals surface area (Å²) in [5.41, 5.74) is 8.48. The third kappa shape index (κ3) is 3.09. The van der Waals surface area contributed by atoms with Crippen molar-refractivity contribution in [1.29, 1.82) is 0 Å². The number of nitrogens with zero attached hydrogens (tertiary/aromatic N) is 2. The molecule has 4 nitrogen and oxygen atoms in total. The Bertz CT molecular complexity index is 584. The van der Waals surface area contributed by atoms with Crippen LogP contribution in [0, 0.1) is 11.8 Å². The smallest absolute Gasteiger partial charge is 0.227 e. The molecule has 3 aliphatic rings. The number of amides is 1. The molecule has 1 amide bonds. The summed E-state index contributed by atoms with van der Waals surface area (Å²) in [4.78, 5) is 17.3. The minimum absolute atomic E-state index is 0.213. The van der Waals surface area contributed by atoms with Crippen molar-refractivity contribution < 1.29 is 4.79 Å². The lowest BCUT2D eigenvalue weighted by Crippen LogP contribution is -2.45. The van der Waals surface area contributed by atoms with Crippen molar-refractivity contribution in [3.05, 3.63) is 24.3 Å². The Labute approximate surface area is 138 Å². The number of carbonyl (C=O) groups is 1. The first-order valence-corrected chi connectivity index (χ1v) is 9.12. The molecule has 0 spiro atoms. The summed E-state index contributed by atoms with van der Waals surface area (Å²) in [6.07, 6.45) is 6.69. The fourth-order valence-electron chi connectivity index (χ4n) is 4.14. The van der Waals surface area contributed by atoms with Crippen LogP contribution in [0.2, 0.25) is 0 Å². The maximum absolute atomic E-state index is 12.9. The van der Waals surface area contributed by atoms with E-state index in [1.165, 1.54) is 24.9 Å². The Kier molecular flexibility index (Phi) is 4.02. The zero-order chi connectivity index (χ0) is 15.8. The van der Waals surface area contributed by atoms with Crippen molar-refractivity contribution in [2.75, 3.05) is 29.4 Å². The molecule has 2 fully saturated rings. The first kappa shape index (κ1) is 15.0. The number of rotatable bonds is 4. The molecule has 1 aliphatic heterocycles. The fourth-order valence-corrected chi connectivity index (χ4v) is 4.14. The van der Waals surface area contributed by atoms with Gasteiger partial charge in [0.2, 0.25) is 5.91 Å². The lowest BCUT2D eigenvalue weighted by Gasteiger charge is -2.38. The van der Waals surface area contributed by atoms with Crippen LogP contribution < -0.4 is 15.5 Å². The first-order chi connectivity index (χ1) is 11.2. The molecule has 1 heterocycles. The minimum atomic E-state index is 0.213. The maximum atomic E-state index is 12.9. The third-order valence-corrected chi connectivity index (χ3v) is 5.74. The molecule has 0 bridgehead atoms. The first-order valence-electron chi connectivity index (χ1n) is 9.12. The third-order valence-electron chi connectivity index (χ3n) is 5.74. The van der Waals surface area contributed by atoms with Gasteiger partial charge in [0, 0.05) is 32.1 Å². The minimum Gasteiger partial charge on any atom is -0.368 e. The van der Waals surface area contributed by atoms with Crippen LogP contribution in [-0.4, -0.2) is 31.6 Å². The zero-order valence-corrected chi connectivity index (χ0v) is 13.8. The summed E-state index contributed by atoms with van der Waals surface area (Å²) in [5, 5.41) is 0. The largest absolute Gasteiger partial charge is 0.368 e. The van der Waals surface area contributed by atoms with E-state index < -0.39 is 0 Å². The van der Waals surface area contributed by atoms with E-state index in [4.69, 9.17) is 5.73 Å². The highest BCUT2D eigenvalue weighted by Crippen LogP contribution is 2.38. The summed E-state index contributed by atoms with van der Waals surface area (Å²) < 4.78 is 0. The van der Waals surface area contributed by atoms with Crippen molar-refractivity contribution in [1.82, 2.24) is 0 Å². The van der Waals surface area contributed by atoms with Crippen molar-refractivity contribution in [3.63, 3.8) is 0 Å². The average molecular weight is 313 g/mol. The van der Waals surface area contributed by atoms with Crippen LogP contribution in [0.1, 0.15) is 38.5 Å². The van der Waals surface area contributed by atoms with Gasteiger partial charge >= 0.3 is 0 Å². The van der Waals surface area contributed by atoms with Crippen LogP contribution >= 0.6 is 0 Å². The van der Waals surface area contributed by atoms with Gasteiger partial charge < -0.3 is 15.5 Å². The molecule has 2 atom stereocenters. The van der Waals surface area contributed by atoms with Crippen LogP contribution in [-0.2, 0) is 4.79 Å². The second-order valence-corrected chi connectivity index (χ2v) is 7.48. The van der Waals surface area contributed by atoms with Gasteiger partial charge in [-0.3, -0.25) is 4.79 Å². The van der Waals surface area contributed by atoms with E-state index in [9.17, 15) is 4.79 Å². The molecule has 0 radical (unpaired) electrons. The van der Waals surface area contributed by atoms with Gasteiger partial charge in [0.15, 0.2) is 0 Å². The molecule has 4 rings (SSSR count). The summed E-state index contributed by atoms with van der Waals surface area (Å²) in [6.45, 7) is 2.91. The molecular weight excluding hydrogens is 286 g/mol. The lowest BCUT2D eigenvalue weighted by atomic mass is 9.99. The van der Waals surface area contributed by atoms with E-state index in [-0.39, 0.29) is 11.9 Å². The number of carbonyl (C=O) groups excluding carboxylic acids is 1. The van der Waals surface area contributed by atoms with E-state index in [1.807, 2.05) is 11.0 Å². The molecule has 4 heteroatoms. The topological polar surface area (TPSA) is 49.6 Å². The normalized spacial score (nSPS) is 27.2. The van der Waals surface area contributed by atoms with Crippen molar-refractivity contribution >= 4 is 17.3 Å². The van der Waals surface area contributed by atoms with Gasteiger partial charge in [-0.2, -0.15) is 0 Å². The Morgan fingerprint density at radius 2 is 1.87 bits per heavy atom. The molecule has 0 saturated heterocycles. The van der Waals surface area contributed by atoms with Crippen molar-refractivity contribution in [2.24, 2.45) is 17.6 Å². The van der Waals surface area contributed by atoms with Gasteiger partial charge in [0.25, 0.3) is 0 Å². The van der Waals surface area contributed by atoms with Gasteiger partial charge in [0.05, 0.1) is 11.4 Å².